The molecule has 142 valence electrons. The zero-order valence-corrected chi connectivity index (χ0v) is 15.2. The summed E-state index contributed by atoms with van der Waals surface area (Å²) in [4.78, 5) is 37.0. The molecular weight excluding hydrogens is 374 g/mol. The van der Waals surface area contributed by atoms with E-state index in [0.717, 1.165) is 5.39 Å². The molecule has 4 N–H and O–H groups in total. The maximum atomic E-state index is 12.3. The maximum Gasteiger partial charge on any atom is 0.320 e. The maximum absolute atomic E-state index is 12.3. The summed E-state index contributed by atoms with van der Waals surface area (Å²) in [6.07, 6.45) is -0.868. The largest absolute Gasteiger partial charge is 0.459 e. The first-order valence-electron chi connectivity index (χ1n) is 8.53. The molecule has 5 amide bonds. The number of urea groups is 2. The second-order valence-electron chi connectivity index (χ2n) is 6.55. The number of fused-ring (bicyclic) bond motifs is 2. The summed E-state index contributed by atoms with van der Waals surface area (Å²) in [5.41, 5.74) is 0.694. The highest BCUT2D eigenvalue weighted by atomic mass is 35.5. The van der Waals surface area contributed by atoms with E-state index in [-0.39, 0.29) is 37.0 Å². The Bertz CT molecular complexity index is 929. The SMILES string of the molecule is C[C@H](NC(=O)CCN1C(=O)N[C@@H]2NC(=O)N[C@@H]21)c1cc2cc(Cl)ccc2o1. The van der Waals surface area contributed by atoms with Gasteiger partial charge in [-0.05, 0) is 31.2 Å². The highest BCUT2D eigenvalue weighted by Crippen LogP contribution is 2.26. The minimum atomic E-state index is -0.490. The van der Waals surface area contributed by atoms with E-state index in [4.69, 9.17) is 16.0 Å². The molecule has 2 aliphatic heterocycles. The first-order valence-corrected chi connectivity index (χ1v) is 8.91. The number of benzene rings is 1. The zero-order chi connectivity index (χ0) is 19.1. The number of rotatable bonds is 5. The number of nitrogens with one attached hydrogen (secondary N) is 4. The van der Waals surface area contributed by atoms with Crippen LogP contribution in [0.1, 0.15) is 25.1 Å². The van der Waals surface area contributed by atoms with Gasteiger partial charge in [-0.2, -0.15) is 0 Å². The van der Waals surface area contributed by atoms with Crippen molar-refractivity contribution < 1.29 is 18.8 Å². The van der Waals surface area contributed by atoms with Crippen LogP contribution in [0.15, 0.2) is 28.7 Å². The fourth-order valence-electron chi connectivity index (χ4n) is 3.29. The second kappa shape index (κ2) is 6.66. The first kappa shape index (κ1) is 17.5. The van der Waals surface area contributed by atoms with Gasteiger partial charge in [0.05, 0.1) is 6.04 Å². The van der Waals surface area contributed by atoms with Gasteiger partial charge in [0, 0.05) is 23.4 Å². The number of amides is 5. The number of halogens is 1. The lowest BCUT2D eigenvalue weighted by Gasteiger charge is -2.21. The van der Waals surface area contributed by atoms with Crippen LogP contribution in [0.3, 0.4) is 0 Å². The van der Waals surface area contributed by atoms with E-state index >= 15 is 0 Å². The third-order valence-corrected chi connectivity index (χ3v) is 4.87. The third kappa shape index (κ3) is 3.37. The third-order valence-electron chi connectivity index (χ3n) is 4.64. The molecule has 2 saturated heterocycles. The van der Waals surface area contributed by atoms with Gasteiger partial charge >= 0.3 is 12.1 Å². The van der Waals surface area contributed by atoms with E-state index in [0.29, 0.717) is 16.4 Å². The van der Waals surface area contributed by atoms with Crippen LogP contribution in [0, 0.1) is 0 Å². The van der Waals surface area contributed by atoms with E-state index in [9.17, 15) is 14.4 Å². The first-order chi connectivity index (χ1) is 12.9. The Balaban J connectivity index is 1.34. The number of hydrogen-bond donors (Lipinski definition) is 4. The van der Waals surface area contributed by atoms with Crippen LogP contribution in [0.2, 0.25) is 5.02 Å². The summed E-state index contributed by atoms with van der Waals surface area (Å²) in [5, 5.41) is 12.2. The van der Waals surface area contributed by atoms with Crippen LogP contribution in [-0.4, -0.2) is 41.7 Å². The molecule has 0 unspecified atom stereocenters. The Morgan fingerprint density at radius 3 is 2.93 bits per heavy atom. The van der Waals surface area contributed by atoms with Crippen LogP contribution >= 0.6 is 11.6 Å². The highest BCUT2D eigenvalue weighted by molar-refractivity contribution is 6.31. The van der Waals surface area contributed by atoms with Crippen LogP contribution < -0.4 is 21.3 Å². The average molecular weight is 392 g/mol. The fraction of sp³-hybridized carbons (Fsp3) is 0.353. The molecule has 0 bridgehead atoms. The van der Waals surface area contributed by atoms with Crippen LogP contribution in [0.5, 0.6) is 0 Å². The fourth-order valence-corrected chi connectivity index (χ4v) is 3.47. The molecule has 0 saturated carbocycles. The van der Waals surface area contributed by atoms with Crippen molar-refractivity contribution in [2.45, 2.75) is 31.7 Å². The van der Waals surface area contributed by atoms with E-state index in [1.807, 2.05) is 13.0 Å². The predicted molar refractivity (Wildman–Crippen MR) is 96.9 cm³/mol. The van der Waals surface area contributed by atoms with Crippen LogP contribution in [-0.2, 0) is 4.79 Å². The monoisotopic (exact) mass is 391 g/mol. The van der Waals surface area contributed by atoms with Crippen molar-refractivity contribution in [2.75, 3.05) is 6.54 Å². The molecular formula is C17H18ClN5O4. The lowest BCUT2D eigenvalue weighted by molar-refractivity contribution is -0.122. The Morgan fingerprint density at radius 2 is 2.11 bits per heavy atom. The van der Waals surface area contributed by atoms with Crippen molar-refractivity contribution in [1.29, 1.82) is 0 Å². The Labute approximate surface area is 159 Å². The summed E-state index contributed by atoms with van der Waals surface area (Å²) in [6.45, 7) is 2.00. The number of nitrogens with zero attached hydrogens (tertiary/aromatic N) is 1. The van der Waals surface area contributed by atoms with Gasteiger partial charge in [0.1, 0.15) is 23.7 Å². The summed E-state index contributed by atoms with van der Waals surface area (Å²) < 4.78 is 5.75. The van der Waals surface area contributed by atoms with Gasteiger partial charge in [0.15, 0.2) is 0 Å². The summed E-state index contributed by atoms with van der Waals surface area (Å²) >= 11 is 5.98. The predicted octanol–water partition coefficient (Wildman–Crippen LogP) is 1.64. The molecule has 3 heterocycles. The quantitative estimate of drug-likeness (QED) is 0.620. The molecule has 0 aliphatic carbocycles. The van der Waals surface area contributed by atoms with Gasteiger partial charge in [-0.1, -0.05) is 11.6 Å². The molecule has 0 spiro atoms. The van der Waals surface area contributed by atoms with Crippen LogP contribution in [0.4, 0.5) is 9.59 Å². The zero-order valence-electron chi connectivity index (χ0n) is 14.4. The van der Waals surface area contributed by atoms with E-state index in [1.165, 1.54) is 4.90 Å². The van der Waals surface area contributed by atoms with Crippen LogP contribution in [0.25, 0.3) is 11.0 Å². The number of carbonyl (C=O) groups is 3. The molecule has 1 aromatic carbocycles. The van der Waals surface area contributed by atoms with Crippen molar-refractivity contribution in [3.8, 4) is 0 Å². The molecule has 10 heteroatoms. The molecule has 2 aromatic rings. The van der Waals surface area contributed by atoms with Crippen molar-refractivity contribution >= 4 is 40.5 Å². The molecule has 1 aromatic heterocycles. The van der Waals surface area contributed by atoms with Gasteiger partial charge in [0.2, 0.25) is 5.91 Å². The Hall–Kier alpha value is -2.94. The number of hydrogen-bond acceptors (Lipinski definition) is 4. The standard InChI is InChI=1S/C17H18ClN5O4/c1-8(12-7-9-6-10(18)2-3-11(9)27-12)19-13(24)4-5-23-15-14(21-17(23)26)20-16(25)22-15/h2-3,6-8,14-15H,4-5H2,1H3,(H,19,24)(H,21,26)(H2,20,22,25)/t8-,14-,15+/m0/s1. The minimum Gasteiger partial charge on any atom is -0.459 e. The lowest BCUT2D eigenvalue weighted by atomic mass is 10.2. The van der Waals surface area contributed by atoms with E-state index in [1.54, 1.807) is 18.2 Å². The van der Waals surface area contributed by atoms with E-state index in [2.05, 4.69) is 21.3 Å². The topological polar surface area (TPSA) is 116 Å². The van der Waals surface area contributed by atoms with E-state index < -0.39 is 12.3 Å². The molecule has 9 nitrogen and oxygen atoms in total. The van der Waals surface area contributed by atoms with Crippen molar-refractivity contribution in [2.24, 2.45) is 0 Å². The van der Waals surface area contributed by atoms with Gasteiger partial charge in [-0.25, -0.2) is 9.59 Å². The normalized spacial score (nSPS) is 22.2. The molecule has 27 heavy (non-hydrogen) atoms. The van der Waals surface area contributed by atoms with Crippen molar-refractivity contribution in [3.63, 3.8) is 0 Å². The second-order valence-corrected chi connectivity index (χ2v) is 6.99. The van der Waals surface area contributed by atoms with Crippen molar-refractivity contribution in [1.82, 2.24) is 26.2 Å². The Kier molecular flexibility index (Phi) is 4.31. The molecule has 0 radical (unpaired) electrons. The lowest BCUT2D eigenvalue weighted by Crippen LogP contribution is -2.45. The summed E-state index contributed by atoms with van der Waals surface area (Å²) in [7, 11) is 0. The summed E-state index contributed by atoms with van der Waals surface area (Å²) in [5.74, 6) is 0.390. The van der Waals surface area contributed by atoms with Gasteiger partial charge in [-0.3, -0.25) is 9.69 Å². The van der Waals surface area contributed by atoms with Crippen molar-refractivity contribution in [3.05, 3.63) is 35.0 Å². The molecule has 2 fully saturated rings. The molecule has 4 rings (SSSR count). The highest BCUT2D eigenvalue weighted by Gasteiger charge is 2.45. The van der Waals surface area contributed by atoms with Gasteiger partial charge in [0.25, 0.3) is 0 Å². The number of carbonyl (C=O) groups excluding carboxylic acids is 3. The van der Waals surface area contributed by atoms with Gasteiger partial charge in [-0.15, -0.1) is 0 Å². The van der Waals surface area contributed by atoms with Gasteiger partial charge < -0.3 is 25.7 Å². The summed E-state index contributed by atoms with van der Waals surface area (Å²) in [6, 6.07) is 6.14. The minimum absolute atomic E-state index is 0.100. The number of furan rings is 1. The molecule has 3 atom stereocenters. The average Bonchev–Trinajstić information content (AvgIpc) is 3.25. The smallest absolute Gasteiger partial charge is 0.320 e. The Morgan fingerprint density at radius 1 is 1.30 bits per heavy atom. The molecule has 2 aliphatic rings.